The van der Waals surface area contributed by atoms with Crippen molar-refractivity contribution in [3.63, 3.8) is 0 Å². The summed E-state index contributed by atoms with van der Waals surface area (Å²) < 4.78 is 0. The highest BCUT2D eigenvalue weighted by atomic mass is 15.2. The molecule has 1 saturated heterocycles. The monoisotopic (exact) mass is 224 g/mol. The van der Waals surface area contributed by atoms with Gasteiger partial charge >= 0.3 is 0 Å². The van der Waals surface area contributed by atoms with E-state index >= 15 is 0 Å². The zero-order valence-corrected chi connectivity index (χ0v) is 11.0. The second-order valence-electron chi connectivity index (χ2n) is 6.08. The fraction of sp³-hybridized carbons (Fsp3) is 1.00. The number of hydrogen-bond donors (Lipinski definition) is 1. The molecule has 0 bridgehead atoms. The zero-order valence-electron chi connectivity index (χ0n) is 11.0. The van der Waals surface area contributed by atoms with E-state index in [1.807, 2.05) is 0 Å². The van der Waals surface area contributed by atoms with Crippen molar-refractivity contribution < 1.29 is 0 Å². The lowest BCUT2D eigenvalue weighted by molar-refractivity contribution is 0.186. The molecule has 2 rings (SSSR count). The molecule has 0 radical (unpaired) electrons. The van der Waals surface area contributed by atoms with Crippen LogP contribution >= 0.6 is 0 Å². The van der Waals surface area contributed by atoms with Crippen LogP contribution in [0, 0.1) is 11.8 Å². The van der Waals surface area contributed by atoms with Crippen molar-refractivity contribution in [1.29, 1.82) is 0 Å². The van der Waals surface area contributed by atoms with Gasteiger partial charge in [0.15, 0.2) is 0 Å². The summed E-state index contributed by atoms with van der Waals surface area (Å²) >= 11 is 0. The summed E-state index contributed by atoms with van der Waals surface area (Å²) in [7, 11) is 0. The van der Waals surface area contributed by atoms with E-state index in [-0.39, 0.29) is 0 Å². The van der Waals surface area contributed by atoms with E-state index in [0.717, 1.165) is 17.9 Å². The minimum Gasteiger partial charge on any atom is -0.313 e. The third-order valence-corrected chi connectivity index (χ3v) is 4.36. The largest absolute Gasteiger partial charge is 0.313 e. The van der Waals surface area contributed by atoms with Crippen molar-refractivity contribution in [2.45, 2.75) is 52.0 Å². The van der Waals surface area contributed by atoms with E-state index in [2.05, 4.69) is 24.1 Å². The van der Waals surface area contributed by atoms with Gasteiger partial charge in [0.25, 0.3) is 0 Å². The van der Waals surface area contributed by atoms with Gasteiger partial charge in [0, 0.05) is 25.7 Å². The maximum atomic E-state index is 3.58. The van der Waals surface area contributed by atoms with Gasteiger partial charge in [-0.15, -0.1) is 0 Å². The normalized spacial score (nSPS) is 38.2. The molecule has 1 saturated carbocycles. The van der Waals surface area contributed by atoms with Crippen LogP contribution in [0.25, 0.3) is 0 Å². The highest BCUT2D eigenvalue weighted by molar-refractivity contribution is 4.77. The molecule has 94 valence electrons. The molecule has 0 spiro atoms. The Morgan fingerprint density at radius 1 is 1.12 bits per heavy atom. The molecular formula is C14H28N2. The van der Waals surface area contributed by atoms with Gasteiger partial charge in [0.1, 0.15) is 0 Å². The lowest BCUT2D eigenvalue weighted by Crippen LogP contribution is -2.34. The molecule has 1 N–H and O–H groups in total. The molecular weight excluding hydrogens is 196 g/mol. The Labute approximate surface area is 101 Å². The molecule has 0 aromatic rings. The second-order valence-corrected chi connectivity index (χ2v) is 6.08. The lowest BCUT2D eigenvalue weighted by atomic mass is 9.82. The highest BCUT2D eigenvalue weighted by Crippen LogP contribution is 2.29. The molecule has 1 aliphatic carbocycles. The van der Waals surface area contributed by atoms with Crippen molar-refractivity contribution in [2.75, 3.05) is 26.2 Å². The maximum Gasteiger partial charge on any atom is 0.0107 e. The molecule has 0 aromatic heterocycles. The van der Waals surface area contributed by atoms with Crippen LogP contribution in [0.1, 0.15) is 46.0 Å². The summed E-state index contributed by atoms with van der Waals surface area (Å²) in [5, 5.41) is 3.58. The molecule has 1 aliphatic heterocycles. The predicted octanol–water partition coefficient (Wildman–Crippen LogP) is 2.50. The Balaban J connectivity index is 1.75. The first kappa shape index (κ1) is 12.4. The minimum atomic E-state index is 0.718. The van der Waals surface area contributed by atoms with Crippen molar-refractivity contribution in [3.8, 4) is 0 Å². The Hall–Kier alpha value is -0.0800. The quantitative estimate of drug-likeness (QED) is 0.775. The van der Waals surface area contributed by atoms with Crippen LogP contribution in [0.5, 0.6) is 0 Å². The third kappa shape index (κ3) is 3.74. The molecule has 2 heteroatoms. The summed E-state index contributed by atoms with van der Waals surface area (Å²) in [5.74, 6) is 1.96. The first-order valence-electron chi connectivity index (χ1n) is 7.20. The smallest absolute Gasteiger partial charge is 0.0107 e. The Bertz CT molecular complexity index is 205. The number of hydrogen-bond acceptors (Lipinski definition) is 2. The van der Waals surface area contributed by atoms with E-state index in [9.17, 15) is 0 Å². The van der Waals surface area contributed by atoms with E-state index in [4.69, 9.17) is 0 Å². The standard InChI is InChI=1S/C14H28N2/c1-12-4-3-5-14(10-12)11-16-8-6-13(2)15-7-9-16/h12-15H,3-11H2,1-2H3. The highest BCUT2D eigenvalue weighted by Gasteiger charge is 2.22. The van der Waals surface area contributed by atoms with Crippen molar-refractivity contribution in [2.24, 2.45) is 11.8 Å². The van der Waals surface area contributed by atoms with Crippen LogP contribution in [-0.4, -0.2) is 37.1 Å². The van der Waals surface area contributed by atoms with Gasteiger partial charge < -0.3 is 10.2 Å². The molecule has 16 heavy (non-hydrogen) atoms. The fourth-order valence-electron chi connectivity index (χ4n) is 3.33. The molecule has 2 nitrogen and oxygen atoms in total. The first-order valence-corrected chi connectivity index (χ1v) is 7.20. The van der Waals surface area contributed by atoms with Gasteiger partial charge in [0.2, 0.25) is 0 Å². The summed E-state index contributed by atoms with van der Waals surface area (Å²) in [6.07, 6.45) is 7.20. The number of rotatable bonds is 2. The summed E-state index contributed by atoms with van der Waals surface area (Å²) in [6, 6.07) is 0.718. The number of nitrogens with one attached hydrogen (secondary N) is 1. The van der Waals surface area contributed by atoms with E-state index in [1.165, 1.54) is 58.3 Å². The molecule has 2 fully saturated rings. The number of nitrogens with zero attached hydrogens (tertiary/aromatic N) is 1. The van der Waals surface area contributed by atoms with Gasteiger partial charge in [-0.2, -0.15) is 0 Å². The Kier molecular flexibility index (Phi) is 4.66. The van der Waals surface area contributed by atoms with Crippen LogP contribution in [0.15, 0.2) is 0 Å². The van der Waals surface area contributed by atoms with Crippen LogP contribution in [0.3, 0.4) is 0 Å². The van der Waals surface area contributed by atoms with Crippen molar-refractivity contribution >= 4 is 0 Å². The van der Waals surface area contributed by atoms with E-state index < -0.39 is 0 Å². The molecule has 3 unspecified atom stereocenters. The maximum absolute atomic E-state index is 3.58. The Morgan fingerprint density at radius 2 is 2.00 bits per heavy atom. The average molecular weight is 224 g/mol. The molecule has 3 atom stereocenters. The van der Waals surface area contributed by atoms with Crippen molar-refractivity contribution in [1.82, 2.24) is 10.2 Å². The van der Waals surface area contributed by atoms with Gasteiger partial charge in [-0.25, -0.2) is 0 Å². The van der Waals surface area contributed by atoms with Gasteiger partial charge in [-0.3, -0.25) is 0 Å². The van der Waals surface area contributed by atoms with E-state index in [1.54, 1.807) is 0 Å². The average Bonchev–Trinajstić information content (AvgIpc) is 2.44. The molecule has 0 amide bonds. The summed E-state index contributed by atoms with van der Waals surface area (Å²) in [4.78, 5) is 2.69. The van der Waals surface area contributed by atoms with E-state index in [0.29, 0.717) is 0 Å². The molecule has 1 heterocycles. The van der Waals surface area contributed by atoms with Crippen LogP contribution in [0.4, 0.5) is 0 Å². The lowest BCUT2D eigenvalue weighted by Gasteiger charge is -2.31. The van der Waals surface area contributed by atoms with Gasteiger partial charge in [-0.05, 0) is 44.6 Å². The summed E-state index contributed by atoms with van der Waals surface area (Å²) in [6.45, 7) is 9.85. The first-order chi connectivity index (χ1) is 7.74. The third-order valence-electron chi connectivity index (χ3n) is 4.36. The summed E-state index contributed by atoms with van der Waals surface area (Å²) in [5.41, 5.74) is 0. The molecule has 0 aromatic carbocycles. The van der Waals surface area contributed by atoms with Crippen LogP contribution in [-0.2, 0) is 0 Å². The predicted molar refractivity (Wildman–Crippen MR) is 69.6 cm³/mol. The zero-order chi connectivity index (χ0) is 11.4. The van der Waals surface area contributed by atoms with Crippen LogP contribution < -0.4 is 5.32 Å². The second kappa shape index (κ2) is 6.02. The molecule has 2 aliphatic rings. The topological polar surface area (TPSA) is 15.3 Å². The van der Waals surface area contributed by atoms with Gasteiger partial charge in [0.05, 0.1) is 0 Å². The SMILES string of the molecule is CC1CCCC(CN2CCNC(C)CC2)C1. The minimum absolute atomic E-state index is 0.718. The van der Waals surface area contributed by atoms with Crippen molar-refractivity contribution in [3.05, 3.63) is 0 Å². The van der Waals surface area contributed by atoms with Gasteiger partial charge in [-0.1, -0.05) is 19.8 Å². The van der Waals surface area contributed by atoms with Crippen LogP contribution in [0.2, 0.25) is 0 Å². The Morgan fingerprint density at radius 3 is 2.81 bits per heavy atom. The fourth-order valence-corrected chi connectivity index (χ4v) is 3.33.